The zero-order valence-electron chi connectivity index (χ0n) is 12.7. The molecule has 128 valence electrons. The van der Waals surface area contributed by atoms with E-state index in [1.54, 1.807) is 0 Å². The van der Waals surface area contributed by atoms with Gasteiger partial charge in [0.1, 0.15) is 0 Å². The second-order valence-corrected chi connectivity index (χ2v) is 7.19. The number of amides is 1. The molecule has 1 aliphatic rings. The molecule has 0 saturated carbocycles. The van der Waals surface area contributed by atoms with Crippen LogP contribution in [0.15, 0.2) is 24.3 Å². The molecular formula is C15H17Cl2F3N2O. The number of benzene rings is 1. The molecule has 0 radical (unpaired) electrons. The molecule has 2 rings (SSSR count). The van der Waals surface area contributed by atoms with Crippen molar-refractivity contribution in [3.05, 3.63) is 35.4 Å². The highest BCUT2D eigenvalue weighted by molar-refractivity contribution is 6.60. The topological polar surface area (TPSA) is 23.6 Å². The van der Waals surface area contributed by atoms with E-state index in [0.29, 0.717) is 13.0 Å². The smallest absolute Gasteiger partial charge is 0.329 e. The quantitative estimate of drug-likeness (QED) is 0.584. The van der Waals surface area contributed by atoms with Gasteiger partial charge in [-0.15, -0.1) is 0 Å². The van der Waals surface area contributed by atoms with Gasteiger partial charge in [0.15, 0.2) is 0 Å². The molecule has 1 fully saturated rings. The van der Waals surface area contributed by atoms with Crippen molar-refractivity contribution in [2.24, 2.45) is 0 Å². The Hall–Kier alpha value is -0.980. The molecule has 1 aromatic carbocycles. The van der Waals surface area contributed by atoms with Gasteiger partial charge in [-0.3, -0.25) is 4.79 Å². The van der Waals surface area contributed by atoms with Crippen LogP contribution in [0.5, 0.6) is 0 Å². The average Bonchev–Trinajstić information content (AvgIpc) is 2.44. The van der Waals surface area contributed by atoms with E-state index in [0.717, 1.165) is 18.7 Å². The van der Waals surface area contributed by atoms with Crippen LogP contribution in [0.25, 0.3) is 0 Å². The summed E-state index contributed by atoms with van der Waals surface area (Å²) >= 11 is 12.1. The highest BCUT2D eigenvalue weighted by Crippen LogP contribution is 2.51. The molecule has 1 saturated heterocycles. The second-order valence-electron chi connectivity index (χ2n) is 5.80. The number of likely N-dealkylation sites (tertiary alicyclic amines) is 1. The maximum atomic E-state index is 12.9. The van der Waals surface area contributed by atoms with Crippen LogP contribution >= 0.6 is 23.2 Å². The zero-order chi connectivity index (χ0) is 17.4. The van der Waals surface area contributed by atoms with Crippen LogP contribution in [0.3, 0.4) is 0 Å². The van der Waals surface area contributed by atoms with Crippen LogP contribution in [0, 0.1) is 0 Å². The van der Waals surface area contributed by atoms with Crippen LogP contribution < -0.4 is 0 Å². The number of hydrogen-bond acceptors (Lipinski definition) is 2. The molecule has 0 N–H and O–H groups in total. The number of β-lactam (4-membered cyclic amide) rings is 1. The van der Waals surface area contributed by atoms with Gasteiger partial charge in [-0.1, -0.05) is 35.3 Å². The van der Waals surface area contributed by atoms with E-state index in [9.17, 15) is 18.0 Å². The molecule has 3 nitrogen and oxygen atoms in total. The Morgan fingerprint density at radius 1 is 1.30 bits per heavy atom. The molecule has 1 atom stereocenters. The van der Waals surface area contributed by atoms with Crippen LogP contribution in [-0.4, -0.2) is 47.2 Å². The predicted molar refractivity (Wildman–Crippen MR) is 83.5 cm³/mol. The average molecular weight is 369 g/mol. The summed E-state index contributed by atoms with van der Waals surface area (Å²) in [5.41, 5.74) is -0.499. The van der Waals surface area contributed by atoms with Gasteiger partial charge in [-0.25, -0.2) is 0 Å². The molecule has 1 aliphatic heterocycles. The highest BCUT2D eigenvalue weighted by atomic mass is 35.5. The number of alkyl halides is 5. The summed E-state index contributed by atoms with van der Waals surface area (Å²) in [5, 5.41) is 0. The lowest BCUT2D eigenvalue weighted by atomic mass is 9.91. The lowest BCUT2D eigenvalue weighted by molar-refractivity contribution is -0.148. The fourth-order valence-electron chi connectivity index (χ4n) is 2.62. The molecule has 1 amide bonds. The van der Waals surface area contributed by atoms with Gasteiger partial charge in [0.2, 0.25) is 4.33 Å². The Labute approximate surface area is 142 Å². The van der Waals surface area contributed by atoms with E-state index < -0.39 is 28.0 Å². The number of nitrogens with zero attached hydrogens (tertiary/aromatic N) is 2. The van der Waals surface area contributed by atoms with Gasteiger partial charge in [-0.05, 0) is 44.8 Å². The molecule has 0 aromatic heterocycles. The molecule has 1 heterocycles. The van der Waals surface area contributed by atoms with Crippen molar-refractivity contribution < 1.29 is 18.0 Å². The Balaban J connectivity index is 2.22. The molecule has 23 heavy (non-hydrogen) atoms. The lowest BCUT2D eigenvalue weighted by Crippen LogP contribution is -2.62. The van der Waals surface area contributed by atoms with Crippen molar-refractivity contribution in [1.29, 1.82) is 0 Å². The Kier molecular flexibility index (Phi) is 5.18. The molecule has 0 bridgehead atoms. The monoisotopic (exact) mass is 368 g/mol. The molecule has 0 spiro atoms. The number of carbonyl (C=O) groups excluding carboxylic acids is 1. The first-order chi connectivity index (χ1) is 10.5. The maximum Gasteiger partial charge on any atom is 0.416 e. The van der Waals surface area contributed by atoms with Crippen LogP contribution in [0.1, 0.15) is 23.6 Å². The number of carbonyl (C=O) groups is 1. The van der Waals surface area contributed by atoms with Crippen LogP contribution in [0.4, 0.5) is 13.2 Å². The normalized spacial score (nSPS) is 20.8. The van der Waals surface area contributed by atoms with Crippen molar-refractivity contribution in [1.82, 2.24) is 9.80 Å². The molecule has 1 aromatic rings. The van der Waals surface area contributed by atoms with Crippen LogP contribution in [-0.2, 0) is 11.0 Å². The van der Waals surface area contributed by atoms with Gasteiger partial charge in [-0.2, -0.15) is 13.2 Å². The number of rotatable bonds is 5. The minimum Gasteiger partial charge on any atom is -0.329 e. The SMILES string of the molecule is CN(C)CCCN1C(=O)C(Cl)(Cl)C1c1cccc(C(F)(F)F)c1. The third-order valence-corrected chi connectivity index (χ3v) is 4.47. The third-order valence-electron chi connectivity index (χ3n) is 3.74. The Bertz CT molecular complexity index is 590. The van der Waals surface area contributed by atoms with Crippen molar-refractivity contribution in [3.8, 4) is 0 Å². The summed E-state index contributed by atoms with van der Waals surface area (Å²) in [6.45, 7) is 1.13. The molecular weight excluding hydrogens is 352 g/mol. The summed E-state index contributed by atoms with van der Waals surface area (Å²) in [6, 6.07) is 4.00. The summed E-state index contributed by atoms with van der Waals surface area (Å²) in [7, 11) is 3.80. The summed E-state index contributed by atoms with van der Waals surface area (Å²) in [4.78, 5) is 15.4. The first-order valence-corrected chi connectivity index (χ1v) is 7.81. The molecule has 1 unspecified atom stereocenters. The van der Waals surface area contributed by atoms with E-state index in [-0.39, 0.29) is 5.56 Å². The minimum absolute atomic E-state index is 0.286. The fraction of sp³-hybridized carbons (Fsp3) is 0.533. The van der Waals surface area contributed by atoms with Crippen molar-refractivity contribution in [2.45, 2.75) is 23.0 Å². The lowest BCUT2D eigenvalue weighted by Gasteiger charge is -2.49. The Morgan fingerprint density at radius 3 is 2.52 bits per heavy atom. The standard InChI is InChI=1S/C15H17Cl2F3N2O/c1-21(2)7-4-8-22-12(14(16,17)13(22)23)10-5-3-6-11(9-10)15(18,19)20/h3,5-6,9,12H,4,7-8H2,1-2H3. The molecule has 8 heteroatoms. The number of halogens is 5. The van der Waals surface area contributed by atoms with Gasteiger partial charge in [0, 0.05) is 6.54 Å². The highest BCUT2D eigenvalue weighted by Gasteiger charge is 2.59. The summed E-state index contributed by atoms with van der Waals surface area (Å²) in [5.74, 6) is -0.470. The predicted octanol–water partition coefficient (Wildman–Crippen LogP) is 3.71. The summed E-state index contributed by atoms with van der Waals surface area (Å²) in [6.07, 6.45) is -3.78. The first-order valence-electron chi connectivity index (χ1n) is 7.06. The Morgan fingerprint density at radius 2 is 1.96 bits per heavy atom. The van der Waals surface area contributed by atoms with E-state index in [1.165, 1.54) is 17.0 Å². The van der Waals surface area contributed by atoms with Crippen molar-refractivity contribution in [3.63, 3.8) is 0 Å². The molecule has 0 aliphatic carbocycles. The van der Waals surface area contributed by atoms with E-state index in [2.05, 4.69) is 0 Å². The van der Waals surface area contributed by atoms with Crippen molar-refractivity contribution in [2.75, 3.05) is 27.2 Å². The van der Waals surface area contributed by atoms with Gasteiger partial charge >= 0.3 is 6.18 Å². The third kappa shape index (κ3) is 3.75. The minimum atomic E-state index is -4.46. The first kappa shape index (κ1) is 18.4. The van der Waals surface area contributed by atoms with Gasteiger partial charge in [0.25, 0.3) is 5.91 Å². The number of hydrogen-bond donors (Lipinski definition) is 0. The maximum absolute atomic E-state index is 12.9. The van der Waals surface area contributed by atoms with E-state index in [1.807, 2.05) is 19.0 Å². The van der Waals surface area contributed by atoms with E-state index in [4.69, 9.17) is 23.2 Å². The zero-order valence-corrected chi connectivity index (χ0v) is 14.2. The largest absolute Gasteiger partial charge is 0.416 e. The van der Waals surface area contributed by atoms with E-state index >= 15 is 0 Å². The second kappa shape index (κ2) is 6.49. The fourth-order valence-corrected chi connectivity index (χ4v) is 3.32. The van der Waals surface area contributed by atoms with Gasteiger partial charge < -0.3 is 9.80 Å². The van der Waals surface area contributed by atoms with Crippen LogP contribution in [0.2, 0.25) is 0 Å². The van der Waals surface area contributed by atoms with Crippen molar-refractivity contribution >= 4 is 29.1 Å². The summed E-state index contributed by atoms with van der Waals surface area (Å²) < 4.78 is 36.9. The van der Waals surface area contributed by atoms with Gasteiger partial charge in [0.05, 0.1) is 11.6 Å².